The van der Waals surface area contributed by atoms with Gasteiger partial charge in [-0.2, -0.15) is 0 Å². The minimum atomic E-state index is -0.641. The summed E-state index contributed by atoms with van der Waals surface area (Å²) in [7, 11) is 0. The molecule has 1 saturated carbocycles. The molecule has 0 atom stereocenters. The number of hydrogen-bond donors (Lipinski definition) is 1. The van der Waals surface area contributed by atoms with Crippen LogP contribution in [0.4, 0.5) is 4.39 Å². The van der Waals surface area contributed by atoms with Crippen molar-refractivity contribution in [2.24, 2.45) is 0 Å². The summed E-state index contributed by atoms with van der Waals surface area (Å²) in [4.78, 5) is 0. The van der Waals surface area contributed by atoms with E-state index in [9.17, 15) is 9.50 Å². The van der Waals surface area contributed by atoms with Gasteiger partial charge in [0.05, 0.1) is 5.60 Å². The van der Waals surface area contributed by atoms with Crippen molar-refractivity contribution in [2.45, 2.75) is 31.8 Å². The molecule has 0 unspecified atom stereocenters. The van der Waals surface area contributed by atoms with Crippen LogP contribution in [-0.2, 0) is 12.0 Å². The highest BCUT2D eigenvalue weighted by atomic mass is 19.1. The van der Waals surface area contributed by atoms with Gasteiger partial charge in [0.25, 0.3) is 0 Å². The smallest absolute Gasteiger partial charge is 0.126 e. The lowest BCUT2D eigenvalue weighted by atomic mass is 10.0. The largest absolute Gasteiger partial charge is 0.385 e. The number of aliphatic hydroxyl groups is 1. The number of rotatable bonds is 2. The van der Waals surface area contributed by atoms with Crippen molar-refractivity contribution in [2.75, 3.05) is 0 Å². The van der Waals surface area contributed by atoms with Gasteiger partial charge in [-0.05, 0) is 36.5 Å². The van der Waals surface area contributed by atoms with Gasteiger partial charge in [-0.25, -0.2) is 4.39 Å². The van der Waals surface area contributed by atoms with Crippen LogP contribution < -0.4 is 0 Å². The van der Waals surface area contributed by atoms with Crippen molar-refractivity contribution < 1.29 is 9.50 Å². The van der Waals surface area contributed by atoms with E-state index < -0.39 is 5.60 Å². The Labute approximate surface area is 77.2 Å². The predicted octanol–water partition coefficient (Wildman–Crippen LogP) is 2.37. The molecule has 0 heterocycles. The van der Waals surface area contributed by atoms with Crippen molar-refractivity contribution in [3.63, 3.8) is 0 Å². The van der Waals surface area contributed by atoms with E-state index in [-0.39, 0.29) is 5.82 Å². The van der Waals surface area contributed by atoms with Crippen LogP contribution in [0.2, 0.25) is 0 Å². The number of aryl methyl sites for hydroxylation is 1. The first-order chi connectivity index (χ1) is 6.15. The summed E-state index contributed by atoms with van der Waals surface area (Å²) >= 11 is 0. The first-order valence-corrected chi connectivity index (χ1v) is 4.67. The third-order valence-corrected chi connectivity index (χ3v) is 2.69. The van der Waals surface area contributed by atoms with Gasteiger partial charge in [0.1, 0.15) is 5.82 Å². The van der Waals surface area contributed by atoms with Gasteiger partial charge in [-0.3, -0.25) is 0 Å². The second-order valence-corrected chi connectivity index (χ2v) is 3.69. The fourth-order valence-electron chi connectivity index (χ4n) is 1.54. The maximum atomic E-state index is 13.1. The zero-order valence-corrected chi connectivity index (χ0v) is 7.68. The molecule has 2 rings (SSSR count). The number of halogens is 1. The van der Waals surface area contributed by atoms with E-state index in [0.29, 0.717) is 12.0 Å². The Kier molecular flexibility index (Phi) is 1.88. The highest BCUT2D eigenvalue weighted by Crippen LogP contribution is 2.45. The maximum Gasteiger partial charge on any atom is 0.126 e. The zero-order valence-electron chi connectivity index (χ0n) is 7.68. The molecule has 1 N–H and O–H groups in total. The average molecular weight is 180 g/mol. The zero-order chi connectivity index (χ0) is 9.47. The standard InChI is InChI=1S/C11H13FO/c1-2-8-7-9(3-4-10(8)12)11(13)5-6-11/h3-4,7,13H,2,5-6H2,1H3. The van der Waals surface area contributed by atoms with Crippen LogP contribution in [0.15, 0.2) is 18.2 Å². The van der Waals surface area contributed by atoms with Crippen molar-refractivity contribution in [1.29, 1.82) is 0 Å². The van der Waals surface area contributed by atoms with Gasteiger partial charge in [-0.15, -0.1) is 0 Å². The fourth-order valence-corrected chi connectivity index (χ4v) is 1.54. The molecule has 0 aromatic heterocycles. The lowest BCUT2D eigenvalue weighted by molar-refractivity contribution is 0.151. The molecule has 13 heavy (non-hydrogen) atoms. The molecule has 1 aliphatic carbocycles. The summed E-state index contributed by atoms with van der Waals surface area (Å²) in [5.41, 5.74) is 0.918. The molecule has 0 spiro atoms. The van der Waals surface area contributed by atoms with Crippen LogP contribution in [0.5, 0.6) is 0 Å². The summed E-state index contributed by atoms with van der Waals surface area (Å²) in [5.74, 6) is -0.171. The molecule has 0 radical (unpaired) electrons. The van der Waals surface area contributed by atoms with E-state index in [0.717, 1.165) is 18.4 Å². The first-order valence-electron chi connectivity index (χ1n) is 4.67. The summed E-state index contributed by atoms with van der Waals surface area (Å²) in [6.07, 6.45) is 2.29. The third kappa shape index (κ3) is 1.46. The van der Waals surface area contributed by atoms with E-state index >= 15 is 0 Å². The van der Waals surface area contributed by atoms with Crippen LogP contribution in [0.3, 0.4) is 0 Å². The van der Waals surface area contributed by atoms with E-state index in [1.165, 1.54) is 6.07 Å². The SMILES string of the molecule is CCc1cc(C2(O)CC2)ccc1F. The summed E-state index contributed by atoms with van der Waals surface area (Å²) < 4.78 is 13.1. The van der Waals surface area contributed by atoms with Gasteiger partial charge in [-0.1, -0.05) is 19.1 Å². The maximum absolute atomic E-state index is 13.1. The lowest BCUT2D eigenvalue weighted by Gasteiger charge is -2.09. The second kappa shape index (κ2) is 2.81. The summed E-state index contributed by atoms with van der Waals surface area (Å²) in [6.45, 7) is 1.92. The molecule has 0 amide bonds. The normalized spacial score (nSPS) is 18.7. The minimum Gasteiger partial charge on any atom is -0.385 e. The second-order valence-electron chi connectivity index (χ2n) is 3.69. The lowest BCUT2D eigenvalue weighted by Crippen LogP contribution is -2.05. The Balaban J connectivity index is 2.39. The van der Waals surface area contributed by atoms with Gasteiger partial charge >= 0.3 is 0 Å². The van der Waals surface area contributed by atoms with Crippen LogP contribution in [0, 0.1) is 5.82 Å². The Morgan fingerprint density at radius 3 is 2.69 bits per heavy atom. The molecule has 1 aromatic rings. The van der Waals surface area contributed by atoms with E-state index in [1.807, 2.05) is 6.92 Å². The molecule has 70 valence electrons. The van der Waals surface area contributed by atoms with Gasteiger partial charge in [0.2, 0.25) is 0 Å². The predicted molar refractivity (Wildman–Crippen MR) is 48.9 cm³/mol. The first kappa shape index (κ1) is 8.70. The van der Waals surface area contributed by atoms with Gasteiger partial charge < -0.3 is 5.11 Å². The Morgan fingerprint density at radius 1 is 1.46 bits per heavy atom. The van der Waals surface area contributed by atoms with Crippen LogP contribution in [0.1, 0.15) is 30.9 Å². The Bertz CT molecular complexity index is 329. The Hall–Kier alpha value is -0.890. The van der Waals surface area contributed by atoms with Crippen molar-refractivity contribution in [3.05, 3.63) is 35.1 Å². The highest BCUT2D eigenvalue weighted by Gasteiger charge is 2.42. The van der Waals surface area contributed by atoms with E-state index in [1.54, 1.807) is 12.1 Å². The molecular weight excluding hydrogens is 167 g/mol. The topological polar surface area (TPSA) is 20.2 Å². The molecule has 0 bridgehead atoms. The monoisotopic (exact) mass is 180 g/mol. The molecule has 0 aliphatic heterocycles. The molecule has 1 fully saturated rings. The van der Waals surface area contributed by atoms with E-state index in [2.05, 4.69) is 0 Å². The Morgan fingerprint density at radius 2 is 2.15 bits per heavy atom. The van der Waals surface area contributed by atoms with E-state index in [4.69, 9.17) is 0 Å². The molecule has 2 heteroatoms. The molecule has 1 aromatic carbocycles. The molecule has 1 nitrogen and oxygen atoms in total. The fraction of sp³-hybridized carbons (Fsp3) is 0.455. The van der Waals surface area contributed by atoms with Crippen LogP contribution in [-0.4, -0.2) is 5.11 Å². The van der Waals surface area contributed by atoms with Crippen LogP contribution >= 0.6 is 0 Å². The quantitative estimate of drug-likeness (QED) is 0.740. The number of benzene rings is 1. The third-order valence-electron chi connectivity index (χ3n) is 2.69. The van der Waals surface area contributed by atoms with Crippen molar-refractivity contribution in [1.82, 2.24) is 0 Å². The molecule has 0 saturated heterocycles. The molecule has 1 aliphatic rings. The highest BCUT2D eigenvalue weighted by molar-refractivity contribution is 5.32. The van der Waals surface area contributed by atoms with Crippen molar-refractivity contribution in [3.8, 4) is 0 Å². The van der Waals surface area contributed by atoms with Gasteiger partial charge in [0, 0.05) is 0 Å². The number of hydrogen-bond acceptors (Lipinski definition) is 1. The van der Waals surface area contributed by atoms with Crippen LogP contribution in [0.25, 0.3) is 0 Å². The van der Waals surface area contributed by atoms with Gasteiger partial charge in [0.15, 0.2) is 0 Å². The summed E-state index contributed by atoms with van der Waals surface area (Å²) in [6, 6.07) is 4.91. The van der Waals surface area contributed by atoms with Crippen molar-refractivity contribution >= 4 is 0 Å². The summed E-state index contributed by atoms with van der Waals surface area (Å²) in [5, 5.41) is 9.79. The minimum absolute atomic E-state index is 0.171. The average Bonchev–Trinajstić information content (AvgIpc) is 2.86. The molecular formula is C11H13FO.